The molecule has 0 aromatic heterocycles. The van der Waals surface area contributed by atoms with Crippen LogP contribution in [0.2, 0.25) is 0 Å². The van der Waals surface area contributed by atoms with Gasteiger partial charge in [-0.1, -0.05) is 394 Å². The Balaban J connectivity index is 0.000000166. The second kappa shape index (κ2) is 63.4. The summed E-state index contributed by atoms with van der Waals surface area (Å²) >= 11 is 0. The van der Waals surface area contributed by atoms with Gasteiger partial charge in [0.25, 0.3) is 0 Å². The molecule has 0 saturated heterocycles. The van der Waals surface area contributed by atoms with Crippen LogP contribution in [-0.4, -0.2) is 164 Å². The minimum atomic E-state index is 0.233. The van der Waals surface area contributed by atoms with Crippen molar-refractivity contribution in [1.29, 1.82) is 0 Å². The van der Waals surface area contributed by atoms with E-state index >= 15 is 0 Å². The van der Waals surface area contributed by atoms with Gasteiger partial charge in [0.1, 0.15) is 28.7 Å². The standard InChI is InChI=1S/C31H34NO2P.2C25H30NO2P.2C24H28NO2P/c1-32(2)22-27-16-10-11-17-29(27)35-30-21-26(18-24-12-6-4-7-13-24)20-28(31(30)34-23-33-3)19-25-14-8-5-9-15-25;1-19-10-8-14-22(17-26(2)3)25(19)29-23-15-9-13-21(24(23)28-18-27-4)16-20-11-6-5-7-12-20;1-19-10-13-24(22(14-19)17-26(2)3)29-25-16-21(11-12-23(25)28-18-27-4)15-20-8-6-5-7-9-20;1-25(2)17-21-12-7-8-14-22(21)28-23-15-9-13-20(24(23)27-18-26-3)16-19-10-5-4-6-11-19;1-25(2)17-21-11-7-8-12-23(21)28-24-16-20(13-14-22(24)27-18-26-3)15-19-9-5-4-6-10-19/h4-17,20-21,35H,18-19,22-23H2,1-3H3;5-15,29H,16-18H2,1-4H3;5-14,16,29H,15,17-18H2,1-4H3;4-15,28H,16-18H2,1-3H3;4-14,16,28H,15,17-18H2,1-3H3. The Hall–Kier alpha value is -11.7. The van der Waals surface area contributed by atoms with Crippen molar-refractivity contribution in [1.82, 2.24) is 24.5 Å². The molecule has 0 amide bonds. The Kier molecular flexibility index (Phi) is 49.4. The zero-order chi connectivity index (χ0) is 105. The number of benzene rings is 16. The van der Waals surface area contributed by atoms with Gasteiger partial charge in [0.05, 0.1) is 0 Å². The van der Waals surface area contributed by atoms with Gasteiger partial charge in [-0.05, 0) is 261 Å². The molecule has 0 heterocycles. The minimum Gasteiger partial charge on any atom is -0.467 e. The van der Waals surface area contributed by atoms with E-state index in [9.17, 15) is 0 Å². The van der Waals surface area contributed by atoms with Gasteiger partial charge < -0.3 is 71.9 Å². The average Bonchev–Trinajstić information content (AvgIpc) is 0.805. The summed E-state index contributed by atoms with van der Waals surface area (Å²) in [5.74, 6) is 4.65. The largest absolute Gasteiger partial charge is 0.467 e. The number of aryl methyl sites for hydroxylation is 2. The molecule has 0 radical (unpaired) electrons. The van der Waals surface area contributed by atoms with Gasteiger partial charge in [-0.3, -0.25) is 0 Å². The Morgan fingerprint density at radius 2 is 0.463 bits per heavy atom. The van der Waals surface area contributed by atoms with Crippen LogP contribution in [0.25, 0.3) is 0 Å². The highest BCUT2D eigenvalue weighted by molar-refractivity contribution is 7.57. The van der Waals surface area contributed by atoms with Crippen molar-refractivity contribution in [3.63, 3.8) is 0 Å². The molecule has 16 rings (SSSR count). The second-order valence-electron chi connectivity index (χ2n) is 38.2. The molecular formula is C129H150N5O10P5. The fourth-order valence-electron chi connectivity index (χ4n) is 17.4. The van der Waals surface area contributed by atoms with Crippen LogP contribution in [0.4, 0.5) is 0 Å². The van der Waals surface area contributed by atoms with Gasteiger partial charge in [-0.2, -0.15) is 0 Å². The van der Waals surface area contributed by atoms with Crippen molar-refractivity contribution < 1.29 is 47.4 Å². The Morgan fingerprint density at radius 1 is 0.188 bits per heavy atom. The monoisotopic (exact) mass is 2080 g/mol. The molecular weight excluding hydrogens is 1930 g/mol. The highest BCUT2D eigenvalue weighted by atomic mass is 31.1. The predicted octanol–water partition coefficient (Wildman–Crippen LogP) is 22.0. The van der Waals surface area contributed by atoms with Gasteiger partial charge in [-0.15, -0.1) is 0 Å². The molecule has 776 valence electrons. The maximum Gasteiger partial charge on any atom is 0.188 e. The summed E-state index contributed by atoms with van der Waals surface area (Å²) in [5, 5.41) is 12.9. The van der Waals surface area contributed by atoms with Gasteiger partial charge in [-0.25, -0.2) is 0 Å². The van der Waals surface area contributed by atoms with Crippen LogP contribution in [0, 0.1) is 13.8 Å². The van der Waals surface area contributed by atoms with Crippen LogP contribution in [0.1, 0.15) is 106 Å². The van der Waals surface area contributed by atoms with Crippen LogP contribution < -0.4 is 76.7 Å². The van der Waals surface area contributed by atoms with E-state index in [1.807, 2.05) is 12.1 Å². The molecule has 0 bridgehead atoms. The third-order valence-electron chi connectivity index (χ3n) is 24.0. The van der Waals surface area contributed by atoms with E-state index in [-0.39, 0.29) is 34.0 Å². The molecule has 0 aliphatic heterocycles. The lowest BCUT2D eigenvalue weighted by Gasteiger charge is -2.20. The van der Waals surface area contributed by atoms with Crippen LogP contribution in [-0.2, 0) is 94.9 Å². The summed E-state index contributed by atoms with van der Waals surface area (Å²) in [6.07, 6.45) is 5.24. The fraction of sp³-hybridized carbons (Fsp3) is 0.256. The van der Waals surface area contributed by atoms with Crippen LogP contribution in [0.3, 0.4) is 0 Å². The normalized spacial score (nSPS) is 11.4. The first-order valence-electron chi connectivity index (χ1n) is 50.6. The Morgan fingerprint density at radius 3 is 0.846 bits per heavy atom. The van der Waals surface area contributed by atoms with E-state index in [1.54, 1.807) is 35.5 Å². The third-order valence-corrected chi connectivity index (χ3v) is 31.3. The number of rotatable bonds is 47. The molecule has 16 aromatic carbocycles. The van der Waals surface area contributed by atoms with Crippen LogP contribution in [0.5, 0.6) is 28.7 Å². The predicted molar refractivity (Wildman–Crippen MR) is 637 cm³/mol. The van der Waals surface area contributed by atoms with Crippen molar-refractivity contribution >= 4 is 95.9 Å². The summed E-state index contributed by atoms with van der Waals surface area (Å²) in [4.78, 5) is 11.1. The number of nitrogens with zero attached hydrogens (tertiary/aromatic N) is 5. The number of ether oxygens (including phenoxy) is 10. The first kappa shape index (κ1) is 116. The Labute approximate surface area is 897 Å². The van der Waals surface area contributed by atoms with Crippen molar-refractivity contribution in [3.05, 3.63) is 482 Å². The summed E-state index contributed by atoms with van der Waals surface area (Å²) in [5.41, 5.74) is 24.7. The van der Waals surface area contributed by atoms with E-state index in [0.29, 0.717) is 42.9 Å². The maximum absolute atomic E-state index is 6.26. The molecule has 0 N–H and O–H groups in total. The summed E-state index contributed by atoms with van der Waals surface area (Å²) in [6.45, 7) is 10.2. The SMILES string of the molecule is COCOc1c(Cc2ccccc2)cc(Cc2ccccc2)cc1Pc1ccccc1CN(C)C.COCOc1c(Cc2ccccc2)cccc1Pc1c(C)cccc1CN(C)C.COCOc1c(Cc2ccccc2)cccc1Pc1ccccc1CN(C)C.COCOc1ccc(Cc2ccccc2)cc1Pc1ccc(C)cc1CN(C)C.COCOc1ccc(Cc2ccccc2)cc1Pc1ccccc1CN(C)C. The lowest BCUT2D eigenvalue weighted by atomic mass is 9.98. The van der Waals surface area contributed by atoms with Crippen LogP contribution >= 0.6 is 42.9 Å². The number of para-hydroxylation sites is 2. The molecule has 15 nitrogen and oxygen atoms in total. The Bertz CT molecular complexity index is 6610. The highest BCUT2D eigenvalue weighted by Crippen LogP contribution is 2.35. The molecule has 0 aliphatic rings. The smallest absolute Gasteiger partial charge is 0.188 e. The second-order valence-corrected chi connectivity index (χ2v) is 44.8. The van der Waals surface area contributed by atoms with Crippen molar-refractivity contribution in [2.75, 3.05) is 140 Å². The van der Waals surface area contributed by atoms with E-state index in [1.165, 1.54) is 159 Å². The first-order valence-corrected chi connectivity index (χ1v) is 55.6. The van der Waals surface area contributed by atoms with Crippen molar-refractivity contribution in [3.8, 4) is 28.7 Å². The summed E-state index contributed by atoms with van der Waals surface area (Å²) in [7, 11) is 32.0. The van der Waals surface area contributed by atoms with E-state index in [2.05, 4.69) is 473 Å². The zero-order valence-corrected chi connectivity index (χ0v) is 94.9. The highest BCUT2D eigenvalue weighted by Gasteiger charge is 2.22. The lowest BCUT2D eigenvalue weighted by molar-refractivity contribution is 0.0511. The first-order chi connectivity index (χ1) is 72.6. The number of hydrogen-bond donors (Lipinski definition) is 0. The third kappa shape index (κ3) is 39.2. The van der Waals surface area contributed by atoms with Gasteiger partial charge in [0.15, 0.2) is 34.0 Å². The maximum atomic E-state index is 6.26. The lowest BCUT2D eigenvalue weighted by Crippen LogP contribution is -2.20. The van der Waals surface area contributed by atoms with Gasteiger partial charge in [0, 0.05) is 114 Å². The minimum absolute atomic E-state index is 0.233. The van der Waals surface area contributed by atoms with E-state index < -0.39 is 0 Å². The molecule has 0 aliphatic carbocycles. The molecule has 0 saturated carbocycles. The van der Waals surface area contributed by atoms with Crippen LogP contribution in [0.15, 0.2) is 376 Å². The van der Waals surface area contributed by atoms with Gasteiger partial charge in [0.2, 0.25) is 0 Å². The number of methoxy groups -OCH3 is 5. The topological polar surface area (TPSA) is 109 Å². The quantitative estimate of drug-likeness (QED) is 0.0266. The molecule has 16 aromatic rings. The molecule has 149 heavy (non-hydrogen) atoms. The molecule has 20 heteroatoms. The molecule has 5 atom stereocenters. The number of hydrogen-bond acceptors (Lipinski definition) is 15. The molecule has 0 fully saturated rings. The zero-order valence-electron chi connectivity index (χ0n) is 89.9. The molecule has 0 spiro atoms. The van der Waals surface area contributed by atoms with Crippen molar-refractivity contribution in [2.24, 2.45) is 0 Å². The summed E-state index contributed by atoms with van der Waals surface area (Å²) < 4.78 is 56.2. The summed E-state index contributed by atoms with van der Waals surface area (Å²) in [6, 6.07) is 134. The van der Waals surface area contributed by atoms with Gasteiger partial charge >= 0.3 is 0 Å². The van der Waals surface area contributed by atoms with E-state index in [0.717, 1.165) is 100.0 Å². The fourth-order valence-corrected chi connectivity index (χ4v) is 24.1. The van der Waals surface area contributed by atoms with Crippen molar-refractivity contribution in [2.45, 2.75) is 85.1 Å². The van der Waals surface area contributed by atoms with E-state index in [4.69, 9.17) is 47.4 Å². The molecule has 5 unspecified atom stereocenters. The average molecular weight is 2090 g/mol.